The van der Waals surface area contributed by atoms with Gasteiger partial charge in [-0.1, -0.05) is 24.3 Å². The standard InChI is InChI=1S/C14H19N3/c15-8-14-9-16-10-17(14)13-6-5-11-3-1-2-4-12(11)7-13/h1-4,9,13,16H,5-8,10,15H2/t13-/m0/s1. The van der Waals surface area contributed by atoms with Crippen molar-refractivity contribution >= 4 is 0 Å². The third-order valence-electron chi connectivity index (χ3n) is 3.87. The zero-order chi connectivity index (χ0) is 11.7. The summed E-state index contributed by atoms with van der Waals surface area (Å²) < 4.78 is 0. The van der Waals surface area contributed by atoms with Gasteiger partial charge in [-0.15, -0.1) is 0 Å². The van der Waals surface area contributed by atoms with E-state index in [1.54, 1.807) is 0 Å². The minimum absolute atomic E-state index is 0.606. The Kier molecular flexibility index (Phi) is 2.77. The van der Waals surface area contributed by atoms with Gasteiger partial charge in [-0.05, 0) is 30.4 Å². The number of benzene rings is 1. The third-order valence-corrected chi connectivity index (χ3v) is 3.87. The zero-order valence-electron chi connectivity index (χ0n) is 10.0. The van der Waals surface area contributed by atoms with Crippen LogP contribution in [0, 0.1) is 0 Å². The van der Waals surface area contributed by atoms with Gasteiger partial charge in [0.15, 0.2) is 0 Å². The molecule has 0 aromatic heterocycles. The molecule has 0 amide bonds. The number of fused-ring (bicyclic) bond motifs is 1. The topological polar surface area (TPSA) is 41.3 Å². The van der Waals surface area contributed by atoms with Gasteiger partial charge in [0.1, 0.15) is 0 Å². The van der Waals surface area contributed by atoms with Gasteiger partial charge in [-0.25, -0.2) is 0 Å². The zero-order valence-corrected chi connectivity index (χ0v) is 10.0. The van der Waals surface area contributed by atoms with Crippen molar-refractivity contribution < 1.29 is 0 Å². The largest absolute Gasteiger partial charge is 0.372 e. The Bertz CT molecular complexity index is 439. The number of rotatable bonds is 2. The molecule has 0 bridgehead atoms. The molecule has 0 radical (unpaired) electrons. The molecule has 90 valence electrons. The van der Waals surface area contributed by atoms with E-state index in [0.717, 1.165) is 13.1 Å². The first-order chi connectivity index (χ1) is 8.38. The highest BCUT2D eigenvalue weighted by molar-refractivity contribution is 5.31. The second kappa shape index (κ2) is 4.41. The van der Waals surface area contributed by atoms with Crippen LogP contribution in [-0.4, -0.2) is 24.2 Å². The molecule has 1 aliphatic carbocycles. The van der Waals surface area contributed by atoms with E-state index in [0.29, 0.717) is 12.6 Å². The van der Waals surface area contributed by atoms with Crippen LogP contribution in [-0.2, 0) is 12.8 Å². The minimum Gasteiger partial charge on any atom is -0.372 e. The molecule has 1 atom stereocenters. The number of hydrogen-bond donors (Lipinski definition) is 2. The van der Waals surface area contributed by atoms with Crippen molar-refractivity contribution in [3.63, 3.8) is 0 Å². The molecular weight excluding hydrogens is 210 g/mol. The van der Waals surface area contributed by atoms with E-state index in [4.69, 9.17) is 5.73 Å². The number of nitrogens with one attached hydrogen (secondary N) is 1. The van der Waals surface area contributed by atoms with Gasteiger partial charge in [0.05, 0.1) is 6.67 Å². The highest BCUT2D eigenvalue weighted by atomic mass is 15.3. The van der Waals surface area contributed by atoms with E-state index in [1.165, 1.54) is 29.7 Å². The predicted molar refractivity (Wildman–Crippen MR) is 69.2 cm³/mol. The fourth-order valence-electron chi connectivity index (χ4n) is 2.93. The van der Waals surface area contributed by atoms with Gasteiger partial charge >= 0.3 is 0 Å². The maximum absolute atomic E-state index is 5.78. The van der Waals surface area contributed by atoms with Gasteiger partial charge in [0, 0.05) is 24.5 Å². The fraction of sp³-hybridized carbons (Fsp3) is 0.429. The highest BCUT2D eigenvalue weighted by Gasteiger charge is 2.26. The van der Waals surface area contributed by atoms with Crippen LogP contribution in [0.3, 0.4) is 0 Å². The first kappa shape index (κ1) is 10.7. The van der Waals surface area contributed by atoms with Gasteiger partial charge in [0.25, 0.3) is 0 Å². The molecule has 17 heavy (non-hydrogen) atoms. The molecule has 1 aromatic carbocycles. The summed E-state index contributed by atoms with van der Waals surface area (Å²) in [6, 6.07) is 9.41. The van der Waals surface area contributed by atoms with Crippen LogP contribution >= 0.6 is 0 Å². The van der Waals surface area contributed by atoms with E-state index in [2.05, 4.69) is 40.7 Å². The average molecular weight is 229 g/mol. The predicted octanol–water partition coefficient (Wildman–Crippen LogP) is 1.21. The van der Waals surface area contributed by atoms with Crippen molar-refractivity contribution in [3.05, 3.63) is 47.3 Å². The Morgan fingerprint density at radius 1 is 1.29 bits per heavy atom. The summed E-state index contributed by atoms with van der Waals surface area (Å²) in [6.45, 7) is 1.55. The van der Waals surface area contributed by atoms with Gasteiger partial charge in [0.2, 0.25) is 0 Å². The molecular formula is C14H19N3. The van der Waals surface area contributed by atoms with E-state index in [1.807, 2.05) is 0 Å². The van der Waals surface area contributed by atoms with Crippen molar-refractivity contribution in [2.24, 2.45) is 5.73 Å². The molecule has 2 aliphatic rings. The molecule has 0 unspecified atom stereocenters. The van der Waals surface area contributed by atoms with Crippen molar-refractivity contribution in [3.8, 4) is 0 Å². The molecule has 0 saturated heterocycles. The molecule has 0 fully saturated rings. The van der Waals surface area contributed by atoms with E-state index >= 15 is 0 Å². The minimum atomic E-state index is 0.606. The Labute approximate surface area is 102 Å². The Morgan fingerprint density at radius 3 is 2.94 bits per heavy atom. The Morgan fingerprint density at radius 2 is 2.12 bits per heavy atom. The third kappa shape index (κ3) is 1.91. The summed E-state index contributed by atoms with van der Waals surface area (Å²) in [6.07, 6.45) is 5.63. The molecule has 1 aliphatic heterocycles. The monoisotopic (exact) mass is 229 g/mol. The maximum Gasteiger partial charge on any atom is 0.0873 e. The molecule has 0 saturated carbocycles. The molecule has 3 N–H and O–H groups in total. The fourth-order valence-corrected chi connectivity index (χ4v) is 2.93. The number of nitrogens with zero attached hydrogens (tertiary/aromatic N) is 1. The van der Waals surface area contributed by atoms with Crippen molar-refractivity contribution in [1.29, 1.82) is 0 Å². The summed E-state index contributed by atoms with van der Waals surface area (Å²) >= 11 is 0. The summed E-state index contributed by atoms with van der Waals surface area (Å²) in [7, 11) is 0. The van der Waals surface area contributed by atoms with Gasteiger partial charge < -0.3 is 16.0 Å². The van der Waals surface area contributed by atoms with E-state index < -0.39 is 0 Å². The molecule has 0 spiro atoms. The van der Waals surface area contributed by atoms with Crippen LogP contribution < -0.4 is 11.1 Å². The van der Waals surface area contributed by atoms with E-state index in [-0.39, 0.29) is 0 Å². The molecule has 1 heterocycles. The Hall–Kier alpha value is -1.48. The second-order valence-electron chi connectivity index (χ2n) is 4.84. The van der Waals surface area contributed by atoms with Crippen molar-refractivity contribution in [2.75, 3.05) is 13.2 Å². The van der Waals surface area contributed by atoms with Gasteiger partial charge in [-0.2, -0.15) is 0 Å². The van der Waals surface area contributed by atoms with Gasteiger partial charge in [-0.3, -0.25) is 0 Å². The molecule has 3 heteroatoms. The van der Waals surface area contributed by atoms with Crippen LogP contribution in [0.15, 0.2) is 36.2 Å². The summed E-state index contributed by atoms with van der Waals surface area (Å²) in [4.78, 5) is 2.43. The maximum atomic E-state index is 5.78. The number of nitrogens with two attached hydrogens (primary N) is 1. The summed E-state index contributed by atoms with van der Waals surface area (Å²) in [5.74, 6) is 0. The van der Waals surface area contributed by atoms with Crippen LogP contribution in [0.2, 0.25) is 0 Å². The normalized spacial score (nSPS) is 23.0. The lowest BCUT2D eigenvalue weighted by atomic mass is 9.87. The van der Waals surface area contributed by atoms with E-state index in [9.17, 15) is 0 Å². The smallest absolute Gasteiger partial charge is 0.0873 e. The highest BCUT2D eigenvalue weighted by Crippen LogP contribution is 2.26. The summed E-state index contributed by atoms with van der Waals surface area (Å²) in [5, 5.41) is 3.28. The molecule has 1 aromatic rings. The quantitative estimate of drug-likeness (QED) is 0.801. The molecule has 3 nitrogen and oxygen atoms in total. The lowest BCUT2D eigenvalue weighted by Crippen LogP contribution is -2.40. The van der Waals surface area contributed by atoms with Crippen LogP contribution in [0.4, 0.5) is 0 Å². The summed E-state index contributed by atoms with van der Waals surface area (Å²) in [5.41, 5.74) is 10.0. The molecule has 3 rings (SSSR count). The first-order valence-corrected chi connectivity index (χ1v) is 6.34. The Balaban J connectivity index is 1.78. The first-order valence-electron chi connectivity index (χ1n) is 6.34. The SMILES string of the molecule is NCC1=CNCN1[C@H]1CCc2ccccc2C1. The van der Waals surface area contributed by atoms with Crippen LogP contribution in [0.5, 0.6) is 0 Å². The lowest BCUT2D eigenvalue weighted by molar-refractivity contribution is 0.241. The number of hydrogen-bond acceptors (Lipinski definition) is 3. The average Bonchev–Trinajstić information content (AvgIpc) is 2.86. The van der Waals surface area contributed by atoms with Crippen molar-refractivity contribution in [1.82, 2.24) is 10.2 Å². The van der Waals surface area contributed by atoms with Crippen LogP contribution in [0.1, 0.15) is 17.5 Å². The second-order valence-corrected chi connectivity index (χ2v) is 4.84. The lowest BCUT2D eigenvalue weighted by Gasteiger charge is -2.34. The van der Waals surface area contributed by atoms with Crippen LogP contribution in [0.25, 0.3) is 0 Å². The number of aryl methyl sites for hydroxylation is 1. The van der Waals surface area contributed by atoms with Crippen molar-refractivity contribution in [2.45, 2.75) is 25.3 Å².